The molecule has 100 valence electrons. The van der Waals surface area contributed by atoms with E-state index in [0.717, 1.165) is 11.8 Å². The maximum absolute atomic E-state index is 11.7. The van der Waals surface area contributed by atoms with Gasteiger partial charge in [-0.1, -0.05) is 30.3 Å². The predicted octanol–water partition coefficient (Wildman–Crippen LogP) is 2.71. The minimum absolute atomic E-state index is 0.225. The molecule has 0 saturated heterocycles. The lowest BCUT2D eigenvalue weighted by Crippen LogP contribution is -2.05. The van der Waals surface area contributed by atoms with Gasteiger partial charge in [-0.3, -0.25) is 0 Å². The molecule has 0 bridgehead atoms. The molecule has 0 spiro atoms. The van der Waals surface area contributed by atoms with Crippen molar-refractivity contribution in [2.45, 2.75) is 13.8 Å². The largest absolute Gasteiger partial charge is 0.466 e. The van der Waals surface area contributed by atoms with Crippen molar-refractivity contribution < 1.29 is 19.1 Å². The lowest BCUT2D eigenvalue weighted by atomic mass is 10.1. The fourth-order valence-corrected chi connectivity index (χ4v) is 1.30. The van der Waals surface area contributed by atoms with Crippen molar-refractivity contribution in [3.8, 4) is 0 Å². The standard InChI is InChI=1S/C15H16O4/c1-11(9-13-7-5-4-6-8-13)15(17)19-10-12(2)14(16)18-3/h4-10H,1-3H3/b11-9+,12-10+. The third kappa shape index (κ3) is 4.79. The van der Waals surface area contributed by atoms with Crippen LogP contribution in [0.5, 0.6) is 0 Å². The summed E-state index contributed by atoms with van der Waals surface area (Å²) in [6, 6.07) is 9.42. The highest BCUT2D eigenvalue weighted by atomic mass is 16.5. The Morgan fingerprint density at radius 3 is 2.21 bits per heavy atom. The Balaban J connectivity index is 2.69. The zero-order valence-corrected chi connectivity index (χ0v) is 11.2. The lowest BCUT2D eigenvalue weighted by molar-refractivity contribution is -0.136. The summed E-state index contributed by atoms with van der Waals surface area (Å²) in [5, 5.41) is 0. The summed E-state index contributed by atoms with van der Waals surface area (Å²) in [4.78, 5) is 22.8. The van der Waals surface area contributed by atoms with Gasteiger partial charge in [0, 0.05) is 5.57 Å². The molecule has 1 aromatic rings. The number of benzene rings is 1. The fourth-order valence-electron chi connectivity index (χ4n) is 1.30. The summed E-state index contributed by atoms with van der Waals surface area (Å²) in [5.41, 5.74) is 1.58. The van der Waals surface area contributed by atoms with Gasteiger partial charge in [-0.2, -0.15) is 0 Å². The zero-order valence-electron chi connectivity index (χ0n) is 11.2. The third-order valence-electron chi connectivity index (χ3n) is 2.35. The minimum atomic E-state index is -0.530. The average molecular weight is 260 g/mol. The van der Waals surface area contributed by atoms with E-state index in [1.54, 1.807) is 13.0 Å². The molecule has 0 radical (unpaired) electrons. The van der Waals surface area contributed by atoms with Gasteiger partial charge in [0.25, 0.3) is 0 Å². The molecule has 0 aliphatic rings. The molecule has 0 fully saturated rings. The summed E-state index contributed by atoms with van der Waals surface area (Å²) >= 11 is 0. The number of ether oxygens (including phenoxy) is 2. The number of hydrogen-bond donors (Lipinski definition) is 0. The SMILES string of the molecule is COC(=O)/C(C)=C/OC(=O)/C(C)=C/c1ccccc1. The number of esters is 2. The van der Waals surface area contributed by atoms with E-state index in [4.69, 9.17) is 4.74 Å². The van der Waals surface area contributed by atoms with Gasteiger partial charge < -0.3 is 9.47 Å². The Labute approximate surface area is 112 Å². The molecule has 0 unspecified atom stereocenters. The van der Waals surface area contributed by atoms with E-state index in [1.165, 1.54) is 14.0 Å². The number of hydrogen-bond acceptors (Lipinski definition) is 4. The predicted molar refractivity (Wildman–Crippen MR) is 72.0 cm³/mol. The molecule has 0 N–H and O–H groups in total. The van der Waals surface area contributed by atoms with Crippen molar-refractivity contribution in [3.63, 3.8) is 0 Å². The second-order valence-electron chi connectivity index (χ2n) is 3.94. The first-order valence-corrected chi connectivity index (χ1v) is 5.74. The van der Waals surface area contributed by atoms with E-state index in [-0.39, 0.29) is 5.57 Å². The molecule has 1 aromatic carbocycles. The number of carbonyl (C=O) groups is 2. The highest BCUT2D eigenvalue weighted by Gasteiger charge is 2.07. The molecule has 0 saturated carbocycles. The van der Waals surface area contributed by atoms with E-state index in [9.17, 15) is 9.59 Å². The molecule has 0 heterocycles. The van der Waals surface area contributed by atoms with Crippen LogP contribution in [0.25, 0.3) is 6.08 Å². The lowest BCUT2D eigenvalue weighted by Gasteiger charge is -2.02. The molecular formula is C15H16O4. The van der Waals surface area contributed by atoms with Gasteiger partial charge in [0.15, 0.2) is 0 Å². The Bertz CT molecular complexity index is 512. The molecule has 0 atom stereocenters. The van der Waals surface area contributed by atoms with Crippen LogP contribution in [0.4, 0.5) is 0 Å². The maximum Gasteiger partial charge on any atom is 0.338 e. The summed E-state index contributed by atoms with van der Waals surface area (Å²) in [5.74, 6) is -1.04. The molecule has 0 amide bonds. The van der Waals surface area contributed by atoms with E-state index >= 15 is 0 Å². The quantitative estimate of drug-likeness (QED) is 0.474. The molecular weight excluding hydrogens is 244 g/mol. The van der Waals surface area contributed by atoms with Gasteiger partial charge in [-0.25, -0.2) is 9.59 Å². The van der Waals surface area contributed by atoms with Crippen molar-refractivity contribution >= 4 is 18.0 Å². The highest BCUT2D eigenvalue weighted by molar-refractivity contribution is 5.94. The summed E-state index contributed by atoms with van der Waals surface area (Å²) in [7, 11) is 1.27. The summed E-state index contributed by atoms with van der Waals surface area (Å²) in [6.07, 6.45) is 2.81. The maximum atomic E-state index is 11.7. The first-order chi connectivity index (χ1) is 9.04. The van der Waals surface area contributed by atoms with Gasteiger partial charge in [-0.15, -0.1) is 0 Å². The Hall–Kier alpha value is -2.36. The molecule has 4 nitrogen and oxygen atoms in total. The van der Waals surface area contributed by atoms with Crippen LogP contribution < -0.4 is 0 Å². The fraction of sp³-hybridized carbons (Fsp3) is 0.200. The number of methoxy groups -OCH3 is 1. The van der Waals surface area contributed by atoms with Crippen LogP contribution in [-0.4, -0.2) is 19.0 Å². The van der Waals surface area contributed by atoms with Crippen LogP contribution in [0.2, 0.25) is 0 Å². The summed E-state index contributed by atoms with van der Waals surface area (Å²) in [6.45, 7) is 3.16. The van der Waals surface area contributed by atoms with Crippen LogP contribution in [0.15, 0.2) is 47.7 Å². The van der Waals surface area contributed by atoms with Crippen LogP contribution in [0, 0.1) is 0 Å². The molecule has 0 aromatic heterocycles. The van der Waals surface area contributed by atoms with Crippen LogP contribution in [0.3, 0.4) is 0 Å². The van der Waals surface area contributed by atoms with Gasteiger partial charge in [0.2, 0.25) is 0 Å². The number of carbonyl (C=O) groups excluding carboxylic acids is 2. The molecule has 19 heavy (non-hydrogen) atoms. The Morgan fingerprint density at radius 2 is 1.63 bits per heavy atom. The normalized spacial score (nSPS) is 11.9. The zero-order chi connectivity index (χ0) is 14.3. The summed E-state index contributed by atoms with van der Waals surface area (Å²) < 4.78 is 9.38. The first kappa shape index (κ1) is 14.7. The molecule has 0 aliphatic heterocycles. The topological polar surface area (TPSA) is 52.6 Å². The average Bonchev–Trinajstić information content (AvgIpc) is 2.44. The first-order valence-electron chi connectivity index (χ1n) is 5.74. The van der Waals surface area contributed by atoms with Crippen molar-refractivity contribution in [1.29, 1.82) is 0 Å². The smallest absolute Gasteiger partial charge is 0.338 e. The van der Waals surface area contributed by atoms with Gasteiger partial charge in [0.05, 0.1) is 12.7 Å². The van der Waals surface area contributed by atoms with Crippen molar-refractivity contribution in [3.05, 3.63) is 53.3 Å². The van der Waals surface area contributed by atoms with Crippen LogP contribution in [0.1, 0.15) is 19.4 Å². The van der Waals surface area contributed by atoms with E-state index in [1.807, 2.05) is 30.3 Å². The number of rotatable bonds is 4. The highest BCUT2D eigenvalue weighted by Crippen LogP contribution is 2.08. The van der Waals surface area contributed by atoms with Crippen molar-refractivity contribution in [2.24, 2.45) is 0 Å². The van der Waals surface area contributed by atoms with Gasteiger partial charge in [-0.05, 0) is 25.5 Å². The minimum Gasteiger partial charge on any atom is -0.466 e. The second-order valence-corrected chi connectivity index (χ2v) is 3.94. The van der Waals surface area contributed by atoms with Crippen molar-refractivity contribution in [1.82, 2.24) is 0 Å². The van der Waals surface area contributed by atoms with E-state index in [0.29, 0.717) is 5.57 Å². The molecule has 4 heteroatoms. The van der Waals surface area contributed by atoms with E-state index < -0.39 is 11.9 Å². The molecule has 0 aliphatic carbocycles. The Morgan fingerprint density at radius 1 is 1.00 bits per heavy atom. The van der Waals surface area contributed by atoms with Gasteiger partial charge in [0.1, 0.15) is 6.26 Å². The van der Waals surface area contributed by atoms with Crippen LogP contribution >= 0.6 is 0 Å². The second kappa shape index (κ2) is 7.16. The third-order valence-corrected chi connectivity index (χ3v) is 2.35. The van der Waals surface area contributed by atoms with E-state index in [2.05, 4.69) is 4.74 Å². The van der Waals surface area contributed by atoms with Gasteiger partial charge >= 0.3 is 11.9 Å². The van der Waals surface area contributed by atoms with Crippen molar-refractivity contribution in [2.75, 3.05) is 7.11 Å². The van der Waals surface area contributed by atoms with Crippen LogP contribution in [-0.2, 0) is 19.1 Å². The Kier molecular flexibility index (Phi) is 5.54. The molecule has 1 rings (SSSR count). The monoisotopic (exact) mass is 260 g/mol.